The minimum Gasteiger partial charge on any atom is -0.374 e. The Hall–Kier alpha value is -0.900. The number of benzene rings is 1. The first kappa shape index (κ1) is 13.1. The van der Waals surface area contributed by atoms with Crippen LogP contribution in [0.5, 0.6) is 0 Å². The van der Waals surface area contributed by atoms with E-state index in [-0.39, 0.29) is 6.10 Å². The van der Waals surface area contributed by atoms with Gasteiger partial charge >= 0.3 is 0 Å². The third-order valence-electron chi connectivity index (χ3n) is 4.63. The molecule has 1 heterocycles. The Kier molecular flexibility index (Phi) is 3.87. The summed E-state index contributed by atoms with van der Waals surface area (Å²) in [5.41, 5.74) is 8.82. The number of morpholine rings is 1. The van der Waals surface area contributed by atoms with Crippen LogP contribution < -0.4 is 5.73 Å². The van der Waals surface area contributed by atoms with E-state index in [1.165, 1.54) is 24.0 Å². The molecule has 3 unspecified atom stereocenters. The molecule has 0 spiro atoms. The van der Waals surface area contributed by atoms with Gasteiger partial charge in [0.15, 0.2) is 0 Å². The fraction of sp³-hybridized carbons (Fsp3) is 0.625. The van der Waals surface area contributed by atoms with Crippen molar-refractivity contribution < 1.29 is 4.74 Å². The number of hydrogen-bond acceptors (Lipinski definition) is 3. The van der Waals surface area contributed by atoms with Crippen LogP contribution in [-0.2, 0) is 4.74 Å². The van der Waals surface area contributed by atoms with Gasteiger partial charge in [-0.1, -0.05) is 31.2 Å². The first-order valence-electron chi connectivity index (χ1n) is 7.44. The topological polar surface area (TPSA) is 38.5 Å². The molecule has 1 aromatic rings. The van der Waals surface area contributed by atoms with Crippen LogP contribution in [0.15, 0.2) is 24.3 Å². The summed E-state index contributed by atoms with van der Waals surface area (Å²) in [6.45, 7) is 5.79. The normalized spacial score (nSPS) is 32.0. The summed E-state index contributed by atoms with van der Waals surface area (Å²) < 4.78 is 5.69. The predicted molar refractivity (Wildman–Crippen MR) is 77.2 cm³/mol. The highest BCUT2D eigenvalue weighted by atomic mass is 16.5. The Morgan fingerprint density at radius 2 is 2.05 bits per heavy atom. The van der Waals surface area contributed by atoms with E-state index in [2.05, 4.69) is 36.1 Å². The molecule has 0 saturated carbocycles. The van der Waals surface area contributed by atoms with Gasteiger partial charge in [0.05, 0.1) is 12.7 Å². The molecule has 3 rings (SSSR count). The summed E-state index contributed by atoms with van der Waals surface area (Å²) >= 11 is 0. The third-order valence-corrected chi connectivity index (χ3v) is 4.63. The molecule has 19 heavy (non-hydrogen) atoms. The fourth-order valence-electron chi connectivity index (χ4n) is 3.53. The fourth-order valence-corrected chi connectivity index (χ4v) is 3.53. The van der Waals surface area contributed by atoms with Crippen molar-refractivity contribution in [1.29, 1.82) is 0 Å². The predicted octanol–water partition coefficient (Wildman–Crippen LogP) is 2.28. The monoisotopic (exact) mass is 260 g/mol. The standard InChI is InChI=1S/C16H24N2O/c1-12-6-7-16(15-5-3-2-4-14(12)15)18-8-9-19-13(10-17)11-18/h2-5,12-13,16H,6-11,17H2,1H3. The van der Waals surface area contributed by atoms with E-state index in [1.54, 1.807) is 0 Å². The average Bonchev–Trinajstić information content (AvgIpc) is 2.48. The zero-order valence-electron chi connectivity index (χ0n) is 11.7. The summed E-state index contributed by atoms with van der Waals surface area (Å²) in [6.07, 6.45) is 2.75. The summed E-state index contributed by atoms with van der Waals surface area (Å²) in [7, 11) is 0. The molecule has 1 aliphatic carbocycles. The van der Waals surface area contributed by atoms with Crippen molar-refractivity contribution in [2.24, 2.45) is 5.73 Å². The van der Waals surface area contributed by atoms with Crippen molar-refractivity contribution in [1.82, 2.24) is 4.90 Å². The smallest absolute Gasteiger partial charge is 0.0824 e. The van der Waals surface area contributed by atoms with Crippen LogP contribution in [0.2, 0.25) is 0 Å². The Bertz CT molecular complexity index is 435. The largest absolute Gasteiger partial charge is 0.374 e. The minimum atomic E-state index is 0.209. The van der Waals surface area contributed by atoms with Crippen LogP contribution in [0.25, 0.3) is 0 Å². The van der Waals surface area contributed by atoms with Crippen LogP contribution >= 0.6 is 0 Å². The van der Waals surface area contributed by atoms with Crippen molar-refractivity contribution in [3.05, 3.63) is 35.4 Å². The van der Waals surface area contributed by atoms with Gasteiger partial charge in [-0.15, -0.1) is 0 Å². The highest BCUT2D eigenvalue weighted by molar-refractivity contribution is 5.35. The molecule has 0 radical (unpaired) electrons. The lowest BCUT2D eigenvalue weighted by molar-refractivity contribution is -0.0417. The van der Waals surface area contributed by atoms with Gasteiger partial charge in [0.25, 0.3) is 0 Å². The number of hydrogen-bond donors (Lipinski definition) is 1. The molecule has 104 valence electrons. The zero-order chi connectivity index (χ0) is 13.2. The molecular weight excluding hydrogens is 236 g/mol. The Balaban J connectivity index is 1.84. The summed E-state index contributed by atoms with van der Waals surface area (Å²) in [5.74, 6) is 0.693. The third kappa shape index (κ3) is 2.55. The van der Waals surface area contributed by atoms with E-state index >= 15 is 0 Å². The second-order valence-corrected chi connectivity index (χ2v) is 5.85. The first-order chi connectivity index (χ1) is 9.29. The summed E-state index contributed by atoms with van der Waals surface area (Å²) in [6, 6.07) is 9.50. The lowest BCUT2D eigenvalue weighted by atomic mass is 9.80. The van der Waals surface area contributed by atoms with Gasteiger partial charge in [0, 0.05) is 25.7 Å². The van der Waals surface area contributed by atoms with Crippen LogP contribution in [0.3, 0.4) is 0 Å². The quantitative estimate of drug-likeness (QED) is 0.886. The first-order valence-corrected chi connectivity index (χ1v) is 7.44. The Morgan fingerprint density at radius 3 is 2.84 bits per heavy atom. The number of fused-ring (bicyclic) bond motifs is 1. The van der Waals surface area contributed by atoms with Crippen molar-refractivity contribution in [2.45, 2.75) is 37.8 Å². The van der Waals surface area contributed by atoms with Crippen molar-refractivity contribution in [2.75, 3.05) is 26.2 Å². The highest BCUT2D eigenvalue weighted by Crippen LogP contribution is 2.40. The molecule has 1 fully saturated rings. The van der Waals surface area contributed by atoms with Crippen LogP contribution in [0, 0.1) is 0 Å². The molecular formula is C16H24N2O. The van der Waals surface area contributed by atoms with Crippen molar-refractivity contribution in [3.8, 4) is 0 Å². The zero-order valence-corrected chi connectivity index (χ0v) is 11.7. The van der Waals surface area contributed by atoms with E-state index in [4.69, 9.17) is 10.5 Å². The number of rotatable bonds is 2. The number of ether oxygens (including phenoxy) is 1. The second kappa shape index (κ2) is 5.61. The maximum absolute atomic E-state index is 5.76. The average molecular weight is 260 g/mol. The van der Waals surface area contributed by atoms with Gasteiger partial charge < -0.3 is 10.5 Å². The number of nitrogens with two attached hydrogens (primary N) is 1. The van der Waals surface area contributed by atoms with E-state index in [0.717, 1.165) is 19.7 Å². The van der Waals surface area contributed by atoms with Crippen LogP contribution in [0.4, 0.5) is 0 Å². The molecule has 1 saturated heterocycles. The van der Waals surface area contributed by atoms with Gasteiger partial charge in [0.1, 0.15) is 0 Å². The molecule has 3 heteroatoms. The molecule has 2 N–H and O–H groups in total. The maximum Gasteiger partial charge on any atom is 0.0824 e. The van der Waals surface area contributed by atoms with Crippen molar-refractivity contribution in [3.63, 3.8) is 0 Å². The minimum absolute atomic E-state index is 0.209. The maximum atomic E-state index is 5.76. The Labute approximate surface area is 115 Å². The van der Waals surface area contributed by atoms with Crippen molar-refractivity contribution >= 4 is 0 Å². The van der Waals surface area contributed by atoms with Gasteiger partial charge in [-0.25, -0.2) is 0 Å². The van der Waals surface area contributed by atoms with E-state index < -0.39 is 0 Å². The molecule has 0 bridgehead atoms. The Morgan fingerprint density at radius 1 is 1.26 bits per heavy atom. The van der Waals surface area contributed by atoms with Crippen LogP contribution in [-0.4, -0.2) is 37.2 Å². The van der Waals surface area contributed by atoms with Gasteiger partial charge in [0.2, 0.25) is 0 Å². The van der Waals surface area contributed by atoms with Crippen LogP contribution in [0.1, 0.15) is 42.9 Å². The SMILES string of the molecule is CC1CCC(N2CCOC(CN)C2)c2ccccc21. The molecule has 2 aliphatic rings. The summed E-state index contributed by atoms with van der Waals surface area (Å²) in [5, 5.41) is 0. The molecule has 1 aliphatic heterocycles. The molecule has 1 aromatic carbocycles. The molecule has 3 atom stereocenters. The van der Waals surface area contributed by atoms with Gasteiger partial charge in [-0.2, -0.15) is 0 Å². The number of nitrogens with zero attached hydrogens (tertiary/aromatic N) is 1. The lowest BCUT2D eigenvalue weighted by Gasteiger charge is -2.41. The molecule has 0 aromatic heterocycles. The lowest BCUT2D eigenvalue weighted by Crippen LogP contribution is -2.47. The molecule has 0 amide bonds. The second-order valence-electron chi connectivity index (χ2n) is 5.85. The van der Waals surface area contributed by atoms with E-state index in [1.807, 2.05) is 0 Å². The summed E-state index contributed by atoms with van der Waals surface area (Å²) in [4.78, 5) is 2.58. The van der Waals surface area contributed by atoms with E-state index in [9.17, 15) is 0 Å². The van der Waals surface area contributed by atoms with E-state index in [0.29, 0.717) is 18.5 Å². The van der Waals surface area contributed by atoms with Gasteiger partial charge in [-0.05, 0) is 29.9 Å². The van der Waals surface area contributed by atoms with Gasteiger partial charge in [-0.3, -0.25) is 4.90 Å². The highest BCUT2D eigenvalue weighted by Gasteiger charge is 2.31. The molecule has 3 nitrogen and oxygen atoms in total.